The lowest BCUT2D eigenvalue weighted by Gasteiger charge is -2.15. The molecular weight excluding hydrogens is 128 g/mol. The molecule has 2 amide bonds. The van der Waals surface area contributed by atoms with E-state index in [1.807, 2.05) is 14.1 Å². The molecule has 0 bridgehead atoms. The second kappa shape index (κ2) is 2.15. The summed E-state index contributed by atoms with van der Waals surface area (Å²) in [7, 11) is 3.68. The normalized spacial score (nSPS) is 33.8. The van der Waals surface area contributed by atoms with Gasteiger partial charge >= 0.3 is 6.03 Å². The molecular formula is C7H14N2O. The van der Waals surface area contributed by atoms with Crippen LogP contribution in [0.25, 0.3) is 0 Å². The molecule has 3 heteroatoms. The summed E-state index contributed by atoms with van der Waals surface area (Å²) in [5.74, 6) is 0. The highest BCUT2D eigenvalue weighted by molar-refractivity contribution is 5.77. The van der Waals surface area contributed by atoms with Crippen LogP contribution in [0.3, 0.4) is 0 Å². The van der Waals surface area contributed by atoms with Crippen LogP contribution < -0.4 is 0 Å². The maximum absolute atomic E-state index is 11.2. The molecule has 1 aliphatic rings. The van der Waals surface area contributed by atoms with Crippen molar-refractivity contribution in [3.8, 4) is 0 Å². The van der Waals surface area contributed by atoms with Crippen molar-refractivity contribution in [3.05, 3.63) is 0 Å². The molecule has 0 N–H and O–H groups in total. The monoisotopic (exact) mass is 142 g/mol. The van der Waals surface area contributed by atoms with Crippen molar-refractivity contribution in [1.29, 1.82) is 0 Å². The van der Waals surface area contributed by atoms with Gasteiger partial charge in [-0.25, -0.2) is 4.79 Å². The van der Waals surface area contributed by atoms with Crippen LogP contribution in [0.4, 0.5) is 4.79 Å². The second-order valence-electron chi connectivity index (χ2n) is 2.99. The van der Waals surface area contributed by atoms with Crippen molar-refractivity contribution in [1.82, 2.24) is 9.80 Å². The summed E-state index contributed by atoms with van der Waals surface area (Å²) in [4.78, 5) is 14.7. The van der Waals surface area contributed by atoms with Crippen LogP contribution >= 0.6 is 0 Å². The highest BCUT2D eigenvalue weighted by atomic mass is 16.2. The maximum Gasteiger partial charge on any atom is 0.320 e. The van der Waals surface area contributed by atoms with Gasteiger partial charge in [0.2, 0.25) is 0 Å². The number of nitrogens with zero attached hydrogens (tertiary/aromatic N) is 2. The Balaban J connectivity index is 2.78. The summed E-state index contributed by atoms with van der Waals surface area (Å²) in [5, 5.41) is 0. The zero-order valence-corrected chi connectivity index (χ0v) is 6.96. The summed E-state index contributed by atoms with van der Waals surface area (Å²) in [6.45, 7) is 4.12. The van der Waals surface area contributed by atoms with E-state index in [1.54, 1.807) is 9.80 Å². The summed E-state index contributed by atoms with van der Waals surface area (Å²) in [5.41, 5.74) is 0. The van der Waals surface area contributed by atoms with E-state index in [0.717, 1.165) is 0 Å². The lowest BCUT2D eigenvalue weighted by Crippen LogP contribution is -2.29. The Morgan fingerprint density at radius 3 is 1.50 bits per heavy atom. The van der Waals surface area contributed by atoms with Gasteiger partial charge in [0.05, 0.1) is 12.1 Å². The van der Waals surface area contributed by atoms with Gasteiger partial charge in [-0.05, 0) is 13.8 Å². The van der Waals surface area contributed by atoms with Crippen LogP contribution in [-0.4, -0.2) is 42.0 Å². The molecule has 1 heterocycles. The van der Waals surface area contributed by atoms with E-state index in [0.29, 0.717) is 12.1 Å². The van der Waals surface area contributed by atoms with Crippen molar-refractivity contribution in [2.24, 2.45) is 0 Å². The number of likely N-dealkylation sites (N-methyl/N-ethyl adjacent to an activating group) is 2. The number of rotatable bonds is 0. The lowest BCUT2D eigenvalue weighted by atomic mass is 10.2. The molecule has 10 heavy (non-hydrogen) atoms. The first-order valence-electron chi connectivity index (χ1n) is 3.55. The van der Waals surface area contributed by atoms with E-state index >= 15 is 0 Å². The Morgan fingerprint density at radius 1 is 1.10 bits per heavy atom. The molecule has 0 unspecified atom stereocenters. The van der Waals surface area contributed by atoms with Gasteiger partial charge in [0.15, 0.2) is 0 Å². The lowest BCUT2D eigenvalue weighted by molar-refractivity contribution is 0.200. The SMILES string of the molecule is C[C@@H]1[C@H](C)N(C)C(=O)N1C. The fourth-order valence-corrected chi connectivity index (χ4v) is 1.24. The highest BCUT2D eigenvalue weighted by Crippen LogP contribution is 2.17. The molecule has 0 saturated carbocycles. The third kappa shape index (κ3) is 0.770. The fraction of sp³-hybridized carbons (Fsp3) is 0.857. The third-order valence-electron chi connectivity index (χ3n) is 2.52. The average molecular weight is 142 g/mol. The smallest absolute Gasteiger partial charge is 0.320 e. The predicted molar refractivity (Wildman–Crippen MR) is 39.8 cm³/mol. The minimum Gasteiger partial charge on any atom is -0.323 e. The molecule has 0 aromatic rings. The molecule has 1 fully saturated rings. The number of amides is 2. The predicted octanol–water partition coefficient (Wildman–Crippen LogP) is 0.761. The molecule has 1 rings (SSSR count). The van der Waals surface area contributed by atoms with Gasteiger partial charge in [-0.2, -0.15) is 0 Å². The van der Waals surface area contributed by atoms with E-state index in [-0.39, 0.29) is 6.03 Å². The molecule has 0 spiro atoms. The van der Waals surface area contributed by atoms with Crippen LogP contribution in [0.15, 0.2) is 0 Å². The van der Waals surface area contributed by atoms with Gasteiger partial charge in [-0.1, -0.05) is 0 Å². The number of carbonyl (C=O) groups excluding carboxylic acids is 1. The topological polar surface area (TPSA) is 23.6 Å². The third-order valence-corrected chi connectivity index (χ3v) is 2.52. The first kappa shape index (κ1) is 7.38. The van der Waals surface area contributed by atoms with Crippen LogP contribution in [0, 0.1) is 0 Å². The van der Waals surface area contributed by atoms with E-state index in [1.165, 1.54) is 0 Å². The molecule has 1 saturated heterocycles. The van der Waals surface area contributed by atoms with Gasteiger partial charge in [0.25, 0.3) is 0 Å². The van der Waals surface area contributed by atoms with E-state index in [4.69, 9.17) is 0 Å². The Hall–Kier alpha value is -0.730. The van der Waals surface area contributed by atoms with Crippen LogP contribution in [0.1, 0.15) is 13.8 Å². The molecule has 0 radical (unpaired) electrons. The van der Waals surface area contributed by atoms with Crippen molar-refractivity contribution >= 4 is 6.03 Å². The largest absolute Gasteiger partial charge is 0.323 e. The Morgan fingerprint density at radius 2 is 1.40 bits per heavy atom. The van der Waals surface area contributed by atoms with Gasteiger partial charge in [0.1, 0.15) is 0 Å². The number of urea groups is 1. The van der Waals surface area contributed by atoms with Gasteiger partial charge in [-0.3, -0.25) is 0 Å². The summed E-state index contributed by atoms with van der Waals surface area (Å²) in [6.07, 6.45) is 0. The van der Waals surface area contributed by atoms with Crippen molar-refractivity contribution in [3.63, 3.8) is 0 Å². The molecule has 58 valence electrons. The molecule has 2 atom stereocenters. The Labute approximate surface area is 61.6 Å². The van der Waals surface area contributed by atoms with Gasteiger partial charge in [0, 0.05) is 14.1 Å². The Bertz CT molecular complexity index is 142. The molecule has 3 nitrogen and oxygen atoms in total. The van der Waals surface area contributed by atoms with Crippen molar-refractivity contribution in [2.45, 2.75) is 25.9 Å². The summed E-state index contributed by atoms with van der Waals surface area (Å²) >= 11 is 0. The second-order valence-corrected chi connectivity index (χ2v) is 2.99. The maximum atomic E-state index is 11.2. The molecule has 1 aliphatic heterocycles. The fourth-order valence-electron chi connectivity index (χ4n) is 1.24. The number of carbonyl (C=O) groups is 1. The Kier molecular flexibility index (Phi) is 1.58. The van der Waals surface area contributed by atoms with Gasteiger partial charge in [-0.15, -0.1) is 0 Å². The van der Waals surface area contributed by atoms with Crippen molar-refractivity contribution < 1.29 is 4.79 Å². The van der Waals surface area contributed by atoms with E-state index in [2.05, 4.69) is 13.8 Å². The van der Waals surface area contributed by atoms with Crippen LogP contribution in [0.5, 0.6) is 0 Å². The number of hydrogen-bond acceptors (Lipinski definition) is 1. The van der Waals surface area contributed by atoms with Crippen molar-refractivity contribution in [2.75, 3.05) is 14.1 Å². The van der Waals surface area contributed by atoms with Crippen LogP contribution in [-0.2, 0) is 0 Å². The summed E-state index contributed by atoms with van der Waals surface area (Å²) < 4.78 is 0. The van der Waals surface area contributed by atoms with E-state index in [9.17, 15) is 4.79 Å². The molecule has 0 aromatic carbocycles. The molecule has 0 aromatic heterocycles. The standard InChI is InChI=1S/C7H14N2O/c1-5-6(2)9(4)7(10)8(5)3/h5-6H,1-4H3/t5-,6+. The minimum absolute atomic E-state index is 0.125. The zero-order valence-electron chi connectivity index (χ0n) is 6.96. The first-order chi connectivity index (χ1) is 4.55. The summed E-state index contributed by atoms with van der Waals surface area (Å²) in [6, 6.07) is 0.815. The number of hydrogen-bond donors (Lipinski definition) is 0. The average Bonchev–Trinajstić information content (AvgIpc) is 2.07. The van der Waals surface area contributed by atoms with E-state index < -0.39 is 0 Å². The zero-order chi connectivity index (χ0) is 7.89. The van der Waals surface area contributed by atoms with Crippen LogP contribution in [0.2, 0.25) is 0 Å². The molecule has 0 aliphatic carbocycles. The quantitative estimate of drug-likeness (QED) is 0.490. The van der Waals surface area contributed by atoms with Gasteiger partial charge < -0.3 is 9.80 Å². The first-order valence-corrected chi connectivity index (χ1v) is 3.55. The highest BCUT2D eigenvalue weighted by Gasteiger charge is 2.35. The minimum atomic E-state index is 0.125.